The van der Waals surface area contributed by atoms with Crippen LogP contribution < -0.4 is 0 Å². The Hall–Kier alpha value is 0.290. The Balaban J connectivity index is 3.52. The van der Waals surface area contributed by atoms with Crippen molar-refractivity contribution in [3.05, 3.63) is 0 Å². The first kappa shape index (κ1) is 11.3. The maximum absolute atomic E-state index is 6.22. The SMILES string of the molecule is CCC(C)CCC(C)(Cl)CC. The molecular weight excluding hydrogens is 156 g/mol. The van der Waals surface area contributed by atoms with Gasteiger partial charge in [0.2, 0.25) is 0 Å². The fraction of sp³-hybridized carbons (Fsp3) is 1.00. The molecule has 0 aromatic heterocycles. The van der Waals surface area contributed by atoms with Gasteiger partial charge < -0.3 is 0 Å². The van der Waals surface area contributed by atoms with E-state index in [0.29, 0.717) is 0 Å². The summed E-state index contributed by atoms with van der Waals surface area (Å²) < 4.78 is 0. The molecule has 0 radical (unpaired) electrons. The van der Waals surface area contributed by atoms with E-state index < -0.39 is 0 Å². The maximum Gasteiger partial charge on any atom is 0.0416 e. The second kappa shape index (κ2) is 5.03. The van der Waals surface area contributed by atoms with Gasteiger partial charge in [-0.05, 0) is 32.1 Å². The lowest BCUT2D eigenvalue weighted by Gasteiger charge is -2.21. The standard InChI is InChI=1S/C10H21Cl/c1-5-9(3)7-8-10(4,11)6-2/h9H,5-8H2,1-4H3. The van der Waals surface area contributed by atoms with E-state index in [4.69, 9.17) is 11.6 Å². The molecule has 0 saturated heterocycles. The van der Waals surface area contributed by atoms with Gasteiger partial charge in [0.25, 0.3) is 0 Å². The van der Waals surface area contributed by atoms with E-state index in [1.165, 1.54) is 12.8 Å². The predicted octanol–water partition coefficient (Wildman–Crippen LogP) is 4.22. The molecular formula is C10H21Cl. The average molecular weight is 177 g/mol. The van der Waals surface area contributed by atoms with Crippen molar-refractivity contribution in [3.8, 4) is 0 Å². The van der Waals surface area contributed by atoms with Crippen molar-refractivity contribution >= 4 is 11.6 Å². The second-order valence-corrected chi connectivity index (χ2v) is 4.73. The molecule has 2 atom stereocenters. The third-order valence-corrected chi connectivity index (χ3v) is 3.05. The molecule has 0 aliphatic carbocycles. The van der Waals surface area contributed by atoms with Crippen molar-refractivity contribution in [1.82, 2.24) is 0 Å². The Kier molecular flexibility index (Phi) is 5.16. The van der Waals surface area contributed by atoms with E-state index in [-0.39, 0.29) is 4.87 Å². The van der Waals surface area contributed by atoms with Crippen LogP contribution in [0, 0.1) is 5.92 Å². The van der Waals surface area contributed by atoms with Crippen LogP contribution in [0.15, 0.2) is 0 Å². The fourth-order valence-corrected chi connectivity index (χ4v) is 1.04. The first-order valence-electron chi connectivity index (χ1n) is 4.70. The number of alkyl halides is 1. The molecule has 0 aliphatic heterocycles. The molecule has 1 heteroatoms. The summed E-state index contributed by atoms with van der Waals surface area (Å²) in [5.74, 6) is 0.833. The van der Waals surface area contributed by atoms with Gasteiger partial charge in [0, 0.05) is 4.87 Å². The van der Waals surface area contributed by atoms with E-state index in [9.17, 15) is 0 Å². The molecule has 0 aliphatic rings. The highest BCUT2D eigenvalue weighted by atomic mass is 35.5. The van der Waals surface area contributed by atoms with Gasteiger partial charge in [0.1, 0.15) is 0 Å². The van der Waals surface area contributed by atoms with Crippen LogP contribution in [0.1, 0.15) is 53.4 Å². The Morgan fingerprint density at radius 1 is 1.36 bits per heavy atom. The van der Waals surface area contributed by atoms with Crippen molar-refractivity contribution in [2.45, 2.75) is 58.3 Å². The third kappa shape index (κ3) is 5.55. The van der Waals surface area contributed by atoms with E-state index in [1.807, 2.05) is 0 Å². The van der Waals surface area contributed by atoms with Crippen LogP contribution in [0.2, 0.25) is 0 Å². The van der Waals surface area contributed by atoms with Crippen molar-refractivity contribution in [1.29, 1.82) is 0 Å². The summed E-state index contributed by atoms with van der Waals surface area (Å²) in [6.45, 7) is 8.82. The summed E-state index contributed by atoms with van der Waals surface area (Å²) >= 11 is 6.22. The molecule has 0 aromatic carbocycles. The van der Waals surface area contributed by atoms with Crippen LogP contribution in [0.25, 0.3) is 0 Å². The van der Waals surface area contributed by atoms with Crippen molar-refractivity contribution in [2.24, 2.45) is 5.92 Å². The maximum atomic E-state index is 6.22. The van der Waals surface area contributed by atoms with Gasteiger partial charge in [-0.1, -0.05) is 27.2 Å². The molecule has 68 valence electrons. The molecule has 11 heavy (non-hydrogen) atoms. The van der Waals surface area contributed by atoms with Gasteiger partial charge >= 0.3 is 0 Å². The zero-order chi connectivity index (χ0) is 8.91. The predicted molar refractivity (Wildman–Crippen MR) is 53.2 cm³/mol. The van der Waals surface area contributed by atoms with Crippen LogP contribution in [0.5, 0.6) is 0 Å². The fourth-order valence-electron chi connectivity index (χ4n) is 0.928. The second-order valence-electron chi connectivity index (χ2n) is 3.82. The summed E-state index contributed by atoms with van der Waals surface area (Å²) in [7, 11) is 0. The summed E-state index contributed by atoms with van der Waals surface area (Å²) in [5, 5.41) is 0. The van der Waals surface area contributed by atoms with Gasteiger partial charge in [-0.3, -0.25) is 0 Å². The largest absolute Gasteiger partial charge is 0.120 e. The number of halogens is 1. The molecule has 0 bridgehead atoms. The number of rotatable bonds is 5. The van der Waals surface area contributed by atoms with Gasteiger partial charge in [-0.15, -0.1) is 11.6 Å². The van der Waals surface area contributed by atoms with Crippen LogP contribution in [-0.4, -0.2) is 4.87 Å². The topological polar surface area (TPSA) is 0 Å². The van der Waals surface area contributed by atoms with Crippen molar-refractivity contribution in [2.75, 3.05) is 0 Å². The lowest BCUT2D eigenvalue weighted by Crippen LogP contribution is -2.15. The highest BCUT2D eigenvalue weighted by Crippen LogP contribution is 2.27. The molecule has 0 rings (SSSR count). The minimum absolute atomic E-state index is 0.0451. The molecule has 0 N–H and O–H groups in total. The summed E-state index contributed by atoms with van der Waals surface area (Å²) in [5.41, 5.74) is 0. The molecule has 0 fully saturated rings. The van der Waals surface area contributed by atoms with Crippen LogP contribution >= 0.6 is 11.6 Å². The first-order valence-corrected chi connectivity index (χ1v) is 5.08. The van der Waals surface area contributed by atoms with E-state index in [2.05, 4.69) is 27.7 Å². The molecule has 0 aromatic rings. The van der Waals surface area contributed by atoms with Gasteiger partial charge in [-0.25, -0.2) is 0 Å². The van der Waals surface area contributed by atoms with Crippen molar-refractivity contribution < 1.29 is 0 Å². The van der Waals surface area contributed by atoms with Gasteiger partial charge in [0.05, 0.1) is 0 Å². The monoisotopic (exact) mass is 176 g/mol. The quantitative estimate of drug-likeness (QED) is 0.551. The Morgan fingerprint density at radius 2 is 1.91 bits per heavy atom. The molecule has 0 spiro atoms. The summed E-state index contributed by atoms with van der Waals surface area (Å²) in [6, 6.07) is 0. The van der Waals surface area contributed by atoms with E-state index >= 15 is 0 Å². The normalized spacial score (nSPS) is 19.4. The molecule has 0 amide bonds. The van der Waals surface area contributed by atoms with Crippen molar-refractivity contribution in [3.63, 3.8) is 0 Å². The molecule has 2 unspecified atom stereocenters. The smallest absolute Gasteiger partial charge is 0.0416 e. The van der Waals surface area contributed by atoms with Gasteiger partial charge in [0.15, 0.2) is 0 Å². The number of hydrogen-bond acceptors (Lipinski definition) is 0. The van der Waals surface area contributed by atoms with Gasteiger partial charge in [-0.2, -0.15) is 0 Å². The highest BCUT2D eigenvalue weighted by molar-refractivity contribution is 6.23. The summed E-state index contributed by atoms with van der Waals surface area (Å²) in [6.07, 6.45) is 4.77. The Labute approximate surface area is 76.3 Å². The highest BCUT2D eigenvalue weighted by Gasteiger charge is 2.18. The number of hydrogen-bond donors (Lipinski definition) is 0. The van der Waals surface area contributed by atoms with Crippen LogP contribution in [0.4, 0.5) is 0 Å². The van der Waals surface area contributed by atoms with Crippen LogP contribution in [-0.2, 0) is 0 Å². The third-order valence-electron chi connectivity index (χ3n) is 2.59. The molecule has 0 heterocycles. The lowest BCUT2D eigenvalue weighted by atomic mass is 9.94. The van der Waals surface area contributed by atoms with E-state index in [1.54, 1.807) is 0 Å². The van der Waals surface area contributed by atoms with E-state index in [0.717, 1.165) is 18.8 Å². The lowest BCUT2D eigenvalue weighted by molar-refractivity contribution is 0.436. The Bertz CT molecular complexity index is 97.0. The zero-order valence-corrected chi connectivity index (χ0v) is 9.04. The van der Waals surface area contributed by atoms with Crippen LogP contribution in [0.3, 0.4) is 0 Å². The summed E-state index contributed by atoms with van der Waals surface area (Å²) in [4.78, 5) is 0.0451. The Morgan fingerprint density at radius 3 is 2.27 bits per heavy atom. The molecule has 0 nitrogen and oxygen atoms in total. The molecule has 0 saturated carbocycles. The zero-order valence-electron chi connectivity index (χ0n) is 8.28. The minimum Gasteiger partial charge on any atom is -0.120 e. The average Bonchev–Trinajstić information content (AvgIpc) is 2.00. The minimum atomic E-state index is 0.0451. The first-order chi connectivity index (χ1) is 5.02.